The Morgan fingerprint density at radius 1 is 1.35 bits per heavy atom. The number of aryl methyl sites for hydroxylation is 1. The van der Waals surface area contributed by atoms with E-state index in [4.69, 9.17) is 5.11 Å². The zero-order valence-corrected chi connectivity index (χ0v) is 11.9. The van der Waals surface area contributed by atoms with E-state index in [0.29, 0.717) is 5.56 Å². The third-order valence-corrected chi connectivity index (χ3v) is 2.69. The van der Waals surface area contributed by atoms with Crippen LogP contribution >= 0.6 is 0 Å². The Hall–Kier alpha value is -2.32. The van der Waals surface area contributed by atoms with Gasteiger partial charge in [-0.2, -0.15) is 0 Å². The van der Waals surface area contributed by atoms with Gasteiger partial charge in [0, 0.05) is 25.2 Å². The van der Waals surface area contributed by atoms with E-state index in [9.17, 15) is 9.59 Å². The third kappa shape index (κ3) is 4.41. The summed E-state index contributed by atoms with van der Waals surface area (Å²) < 4.78 is 0. The molecule has 2 amide bonds. The first-order valence-corrected chi connectivity index (χ1v) is 6.14. The van der Waals surface area contributed by atoms with Gasteiger partial charge in [0.25, 0.3) is 5.91 Å². The number of aliphatic hydroxyl groups is 1. The molecule has 0 aliphatic heterocycles. The Morgan fingerprint density at radius 3 is 2.60 bits per heavy atom. The van der Waals surface area contributed by atoms with Gasteiger partial charge in [0.15, 0.2) is 0 Å². The number of nitrogens with zero attached hydrogens (tertiary/aromatic N) is 1. The molecule has 0 aliphatic rings. The van der Waals surface area contributed by atoms with Crippen molar-refractivity contribution in [2.24, 2.45) is 0 Å². The van der Waals surface area contributed by atoms with Gasteiger partial charge in [-0.25, -0.2) is 0 Å². The number of hydrogen-bond donors (Lipinski definition) is 2. The van der Waals surface area contributed by atoms with Gasteiger partial charge in [-0.3, -0.25) is 9.59 Å². The van der Waals surface area contributed by atoms with E-state index < -0.39 is 0 Å². The lowest BCUT2D eigenvalue weighted by Crippen LogP contribution is -2.36. The largest absolute Gasteiger partial charge is 0.384 e. The van der Waals surface area contributed by atoms with Crippen molar-refractivity contribution in [1.29, 1.82) is 0 Å². The number of rotatable bonds is 3. The van der Waals surface area contributed by atoms with E-state index in [-0.39, 0.29) is 25.0 Å². The second kappa shape index (κ2) is 7.31. The topological polar surface area (TPSA) is 69.6 Å². The van der Waals surface area contributed by atoms with E-state index in [0.717, 1.165) is 11.1 Å². The maximum Gasteiger partial charge on any atom is 0.251 e. The Balaban J connectivity index is 2.75. The van der Waals surface area contributed by atoms with Gasteiger partial charge in [-0.15, -0.1) is 0 Å². The second-order valence-electron chi connectivity index (χ2n) is 4.46. The molecule has 106 valence electrons. The van der Waals surface area contributed by atoms with Crippen LogP contribution in [0.3, 0.4) is 0 Å². The van der Waals surface area contributed by atoms with Crippen LogP contribution in [-0.4, -0.2) is 49.1 Å². The molecule has 2 N–H and O–H groups in total. The van der Waals surface area contributed by atoms with Gasteiger partial charge in [-0.1, -0.05) is 11.8 Å². The summed E-state index contributed by atoms with van der Waals surface area (Å²) in [5.74, 6) is 4.90. The number of carbonyl (C=O) groups is 2. The van der Waals surface area contributed by atoms with E-state index >= 15 is 0 Å². The third-order valence-electron chi connectivity index (χ3n) is 2.69. The van der Waals surface area contributed by atoms with Crippen LogP contribution < -0.4 is 5.32 Å². The van der Waals surface area contributed by atoms with Crippen molar-refractivity contribution in [2.75, 3.05) is 27.2 Å². The summed E-state index contributed by atoms with van der Waals surface area (Å²) in [4.78, 5) is 24.7. The van der Waals surface area contributed by atoms with Crippen molar-refractivity contribution in [3.63, 3.8) is 0 Å². The number of aliphatic hydroxyl groups excluding tert-OH is 1. The number of likely N-dealkylation sites (N-methyl/N-ethyl adjacent to an activating group) is 1. The number of amides is 2. The minimum atomic E-state index is -0.301. The molecule has 5 nitrogen and oxygen atoms in total. The Labute approximate surface area is 118 Å². The van der Waals surface area contributed by atoms with Crippen molar-refractivity contribution < 1.29 is 14.7 Å². The van der Waals surface area contributed by atoms with E-state index in [2.05, 4.69) is 17.2 Å². The van der Waals surface area contributed by atoms with Crippen LogP contribution in [0.1, 0.15) is 21.5 Å². The van der Waals surface area contributed by atoms with Gasteiger partial charge >= 0.3 is 0 Å². The predicted octanol–water partition coefficient (Wildman–Crippen LogP) is 0.157. The highest BCUT2D eigenvalue weighted by Crippen LogP contribution is 2.10. The summed E-state index contributed by atoms with van der Waals surface area (Å²) in [5, 5.41) is 11.2. The van der Waals surface area contributed by atoms with Crippen LogP contribution in [0.4, 0.5) is 0 Å². The molecule has 1 aromatic rings. The van der Waals surface area contributed by atoms with Crippen LogP contribution in [0.2, 0.25) is 0 Å². The lowest BCUT2D eigenvalue weighted by Gasteiger charge is -2.11. The minimum Gasteiger partial charge on any atom is -0.384 e. The maximum absolute atomic E-state index is 11.9. The molecule has 0 saturated heterocycles. The van der Waals surface area contributed by atoms with Gasteiger partial charge in [0.2, 0.25) is 5.91 Å². The molecule has 20 heavy (non-hydrogen) atoms. The molecule has 0 heterocycles. The average Bonchev–Trinajstić information content (AvgIpc) is 2.42. The van der Waals surface area contributed by atoms with Gasteiger partial charge in [0.05, 0.1) is 6.54 Å². The fraction of sp³-hybridized carbons (Fsp3) is 0.333. The molecule has 5 heteroatoms. The fourth-order valence-electron chi connectivity index (χ4n) is 1.50. The highest BCUT2D eigenvalue weighted by atomic mass is 16.2. The molecule has 0 unspecified atom stereocenters. The molecule has 0 fully saturated rings. The van der Waals surface area contributed by atoms with E-state index in [1.165, 1.54) is 4.90 Å². The molecule has 1 rings (SSSR count). The number of nitrogens with one attached hydrogen (secondary N) is 1. The monoisotopic (exact) mass is 274 g/mol. The Kier molecular flexibility index (Phi) is 5.75. The molecule has 0 saturated carbocycles. The average molecular weight is 274 g/mol. The zero-order chi connectivity index (χ0) is 15.1. The summed E-state index contributed by atoms with van der Waals surface area (Å²) in [7, 11) is 3.26. The SMILES string of the molecule is Cc1cc(C(=O)NCC(=O)N(C)C)ccc1C#CCO. The fourth-order valence-corrected chi connectivity index (χ4v) is 1.50. The van der Waals surface area contributed by atoms with Gasteiger partial charge in [0.1, 0.15) is 6.61 Å². The summed E-state index contributed by atoms with van der Waals surface area (Å²) >= 11 is 0. The van der Waals surface area contributed by atoms with Crippen LogP contribution in [0.5, 0.6) is 0 Å². The zero-order valence-electron chi connectivity index (χ0n) is 11.9. The standard InChI is InChI=1S/C15H18N2O3/c1-11-9-13(7-6-12(11)5-4-8-18)15(20)16-10-14(19)17(2)3/h6-7,9,18H,8,10H2,1-3H3,(H,16,20). The lowest BCUT2D eigenvalue weighted by atomic mass is 10.0. The number of benzene rings is 1. The Bertz CT molecular complexity index is 568. The van der Waals surface area contributed by atoms with E-state index in [1.807, 2.05) is 6.92 Å². The minimum absolute atomic E-state index is 0.0308. The summed E-state index contributed by atoms with van der Waals surface area (Å²) in [6, 6.07) is 5.07. The normalized spacial score (nSPS) is 9.40. The molecule has 0 radical (unpaired) electrons. The van der Waals surface area contributed by atoms with Crippen molar-refractivity contribution in [3.8, 4) is 11.8 Å². The van der Waals surface area contributed by atoms with Crippen LogP contribution in [0, 0.1) is 18.8 Å². The first kappa shape index (κ1) is 15.7. The first-order valence-electron chi connectivity index (χ1n) is 6.14. The second-order valence-corrected chi connectivity index (χ2v) is 4.46. The summed E-state index contributed by atoms with van der Waals surface area (Å²) in [6.07, 6.45) is 0. The van der Waals surface area contributed by atoms with Crippen molar-refractivity contribution in [3.05, 3.63) is 34.9 Å². The number of carbonyl (C=O) groups excluding carboxylic acids is 2. The molecule has 0 atom stereocenters. The quantitative estimate of drug-likeness (QED) is 0.771. The van der Waals surface area contributed by atoms with Crippen LogP contribution in [0.15, 0.2) is 18.2 Å². The van der Waals surface area contributed by atoms with Gasteiger partial charge < -0.3 is 15.3 Å². The van der Waals surface area contributed by atoms with Crippen molar-refractivity contribution in [2.45, 2.75) is 6.92 Å². The molecule has 0 bridgehead atoms. The van der Waals surface area contributed by atoms with Gasteiger partial charge in [-0.05, 0) is 30.7 Å². The molecular weight excluding hydrogens is 256 g/mol. The number of hydrogen-bond acceptors (Lipinski definition) is 3. The van der Waals surface area contributed by atoms with Crippen LogP contribution in [0.25, 0.3) is 0 Å². The predicted molar refractivity (Wildman–Crippen MR) is 76.2 cm³/mol. The highest BCUT2D eigenvalue weighted by molar-refractivity contribution is 5.96. The lowest BCUT2D eigenvalue weighted by molar-refractivity contribution is -0.127. The molecule has 0 aliphatic carbocycles. The van der Waals surface area contributed by atoms with Crippen molar-refractivity contribution in [1.82, 2.24) is 10.2 Å². The van der Waals surface area contributed by atoms with Crippen molar-refractivity contribution >= 4 is 11.8 Å². The molecule has 0 spiro atoms. The molecular formula is C15H18N2O3. The smallest absolute Gasteiger partial charge is 0.251 e. The first-order chi connectivity index (χ1) is 9.45. The summed E-state index contributed by atoms with van der Waals surface area (Å²) in [5.41, 5.74) is 2.08. The van der Waals surface area contributed by atoms with Crippen LogP contribution in [-0.2, 0) is 4.79 Å². The summed E-state index contributed by atoms with van der Waals surface area (Å²) in [6.45, 7) is 1.61. The molecule has 1 aromatic carbocycles. The van der Waals surface area contributed by atoms with E-state index in [1.54, 1.807) is 32.3 Å². The highest BCUT2D eigenvalue weighted by Gasteiger charge is 2.10. The Morgan fingerprint density at radius 2 is 2.05 bits per heavy atom. The maximum atomic E-state index is 11.9. The molecule has 0 aromatic heterocycles.